The van der Waals surface area contributed by atoms with Crippen molar-refractivity contribution in [1.29, 1.82) is 0 Å². The smallest absolute Gasteiger partial charge is 0.271 e. The van der Waals surface area contributed by atoms with Crippen LogP contribution in [0.1, 0.15) is 25.7 Å². The lowest BCUT2D eigenvalue weighted by Crippen LogP contribution is -2.47. The van der Waals surface area contributed by atoms with Gasteiger partial charge in [0.2, 0.25) is 0 Å². The summed E-state index contributed by atoms with van der Waals surface area (Å²) in [6.45, 7) is 4.35. The Balaban J connectivity index is 1.75. The van der Waals surface area contributed by atoms with E-state index in [9.17, 15) is 10.1 Å². The Hall–Kier alpha value is -1.33. The van der Waals surface area contributed by atoms with Crippen molar-refractivity contribution in [3.8, 4) is 0 Å². The number of rotatable bonds is 3. The van der Waals surface area contributed by atoms with Gasteiger partial charge in [0.25, 0.3) is 5.69 Å². The van der Waals surface area contributed by atoms with E-state index in [-0.39, 0.29) is 5.69 Å². The lowest BCUT2D eigenvalue weighted by Gasteiger charge is -2.39. The molecule has 1 aromatic carbocycles. The molecule has 3 rings (SSSR count). The third-order valence-electron chi connectivity index (χ3n) is 4.54. The summed E-state index contributed by atoms with van der Waals surface area (Å²) in [5, 5.41) is 11.3. The molecule has 21 heavy (non-hydrogen) atoms. The molecule has 6 heteroatoms. The Morgan fingerprint density at radius 3 is 2.62 bits per heavy atom. The van der Waals surface area contributed by atoms with Crippen LogP contribution in [0.25, 0.3) is 0 Å². The van der Waals surface area contributed by atoms with Crippen LogP contribution in [0.4, 0.5) is 11.4 Å². The van der Waals surface area contributed by atoms with Crippen LogP contribution in [-0.4, -0.2) is 42.0 Å². The molecule has 2 aliphatic rings. The number of benzene rings is 1. The van der Waals surface area contributed by atoms with Gasteiger partial charge in [-0.1, -0.05) is 11.6 Å². The zero-order valence-corrected chi connectivity index (χ0v) is 12.8. The van der Waals surface area contributed by atoms with E-state index in [4.69, 9.17) is 11.6 Å². The highest BCUT2D eigenvalue weighted by Crippen LogP contribution is 2.32. The number of halogens is 1. The first-order valence-corrected chi connectivity index (χ1v) is 7.96. The molecule has 0 aliphatic carbocycles. The topological polar surface area (TPSA) is 49.6 Å². The molecule has 1 atom stereocenters. The van der Waals surface area contributed by atoms with Crippen molar-refractivity contribution >= 4 is 23.0 Å². The normalized spacial score (nSPS) is 23.5. The summed E-state index contributed by atoms with van der Waals surface area (Å²) >= 11 is 6.25. The van der Waals surface area contributed by atoms with E-state index in [0.29, 0.717) is 11.1 Å². The maximum atomic E-state index is 10.8. The molecule has 0 amide bonds. The van der Waals surface area contributed by atoms with Gasteiger partial charge < -0.3 is 4.90 Å². The monoisotopic (exact) mass is 309 g/mol. The van der Waals surface area contributed by atoms with Gasteiger partial charge in [-0.3, -0.25) is 15.0 Å². The molecule has 2 fully saturated rings. The van der Waals surface area contributed by atoms with E-state index in [2.05, 4.69) is 9.80 Å². The van der Waals surface area contributed by atoms with Crippen LogP contribution in [0.5, 0.6) is 0 Å². The highest BCUT2D eigenvalue weighted by molar-refractivity contribution is 6.33. The standard InChI is InChI=1S/C15H20ClN3O2/c16-14-10-12(19(20)21)5-6-15(14)18-9-3-4-13(11-18)17-7-1-2-8-17/h5-6,10,13H,1-4,7-9,11H2/t13-/m1/s1. The maximum Gasteiger partial charge on any atom is 0.271 e. The molecule has 0 N–H and O–H groups in total. The Morgan fingerprint density at radius 2 is 1.95 bits per heavy atom. The van der Waals surface area contributed by atoms with Gasteiger partial charge in [0.05, 0.1) is 15.6 Å². The average Bonchev–Trinajstić information content (AvgIpc) is 3.01. The van der Waals surface area contributed by atoms with Gasteiger partial charge in [0, 0.05) is 31.3 Å². The molecule has 0 unspecified atom stereocenters. The van der Waals surface area contributed by atoms with Crippen molar-refractivity contribution in [3.05, 3.63) is 33.3 Å². The van der Waals surface area contributed by atoms with Gasteiger partial charge >= 0.3 is 0 Å². The van der Waals surface area contributed by atoms with E-state index in [1.807, 2.05) is 0 Å². The Labute approximate surface area is 129 Å². The molecular formula is C15H20ClN3O2. The number of likely N-dealkylation sites (tertiary alicyclic amines) is 1. The van der Waals surface area contributed by atoms with Gasteiger partial charge in [0.15, 0.2) is 0 Å². The van der Waals surface area contributed by atoms with Crippen LogP contribution in [0.15, 0.2) is 18.2 Å². The second kappa shape index (κ2) is 6.20. The number of nitrogens with zero attached hydrogens (tertiary/aromatic N) is 3. The lowest BCUT2D eigenvalue weighted by atomic mass is 10.0. The molecule has 1 aromatic rings. The summed E-state index contributed by atoms with van der Waals surface area (Å²) in [6.07, 6.45) is 4.99. The molecule has 5 nitrogen and oxygen atoms in total. The van der Waals surface area contributed by atoms with E-state index < -0.39 is 4.92 Å². The van der Waals surface area contributed by atoms with Crippen molar-refractivity contribution in [1.82, 2.24) is 4.90 Å². The molecule has 2 heterocycles. The van der Waals surface area contributed by atoms with Crippen molar-refractivity contribution in [3.63, 3.8) is 0 Å². The molecule has 0 aromatic heterocycles. The van der Waals surface area contributed by atoms with Crippen molar-refractivity contribution in [2.45, 2.75) is 31.7 Å². The van der Waals surface area contributed by atoms with Crippen LogP contribution in [0, 0.1) is 10.1 Å². The van der Waals surface area contributed by atoms with Crippen molar-refractivity contribution in [2.24, 2.45) is 0 Å². The van der Waals surface area contributed by atoms with E-state index in [1.165, 1.54) is 38.4 Å². The summed E-state index contributed by atoms with van der Waals surface area (Å²) in [7, 11) is 0. The van der Waals surface area contributed by atoms with E-state index >= 15 is 0 Å². The first-order chi connectivity index (χ1) is 10.1. The molecule has 0 spiro atoms. The predicted molar refractivity (Wildman–Crippen MR) is 84.1 cm³/mol. The second-order valence-electron chi connectivity index (χ2n) is 5.88. The zero-order chi connectivity index (χ0) is 14.8. The minimum absolute atomic E-state index is 0.0526. The largest absolute Gasteiger partial charge is 0.369 e. The van der Waals surface area contributed by atoms with Crippen LogP contribution in [0.3, 0.4) is 0 Å². The fraction of sp³-hybridized carbons (Fsp3) is 0.600. The Kier molecular flexibility index (Phi) is 4.31. The highest BCUT2D eigenvalue weighted by atomic mass is 35.5. The quantitative estimate of drug-likeness (QED) is 0.635. The SMILES string of the molecule is O=[N+]([O-])c1ccc(N2CCC[C@@H](N3CCCC3)C2)c(Cl)c1. The number of nitro benzene ring substituents is 1. The molecular weight excluding hydrogens is 290 g/mol. The van der Waals surface area contributed by atoms with Gasteiger partial charge in [-0.05, 0) is 44.8 Å². The molecule has 2 saturated heterocycles. The van der Waals surface area contributed by atoms with Gasteiger partial charge in [0.1, 0.15) is 0 Å². The second-order valence-corrected chi connectivity index (χ2v) is 6.29. The number of hydrogen-bond donors (Lipinski definition) is 0. The Morgan fingerprint density at radius 1 is 1.19 bits per heavy atom. The fourth-order valence-corrected chi connectivity index (χ4v) is 3.74. The van der Waals surface area contributed by atoms with Crippen LogP contribution < -0.4 is 4.90 Å². The van der Waals surface area contributed by atoms with E-state index in [1.54, 1.807) is 12.1 Å². The molecule has 0 saturated carbocycles. The molecule has 0 radical (unpaired) electrons. The van der Waals surface area contributed by atoms with Crippen molar-refractivity contribution < 1.29 is 4.92 Å². The summed E-state index contributed by atoms with van der Waals surface area (Å²) in [5.41, 5.74) is 0.975. The first-order valence-electron chi connectivity index (χ1n) is 7.58. The number of non-ortho nitro benzene ring substituents is 1. The third kappa shape index (κ3) is 3.14. The van der Waals surface area contributed by atoms with Crippen LogP contribution in [-0.2, 0) is 0 Å². The molecule has 0 bridgehead atoms. The number of anilines is 1. The lowest BCUT2D eigenvalue weighted by molar-refractivity contribution is -0.384. The first kappa shape index (κ1) is 14.6. The molecule has 2 aliphatic heterocycles. The third-order valence-corrected chi connectivity index (χ3v) is 4.84. The number of nitro groups is 1. The predicted octanol–water partition coefficient (Wildman–Crippen LogP) is 3.31. The molecule has 114 valence electrons. The highest BCUT2D eigenvalue weighted by Gasteiger charge is 2.28. The minimum Gasteiger partial charge on any atom is -0.369 e. The van der Waals surface area contributed by atoms with Crippen LogP contribution >= 0.6 is 11.6 Å². The summed E-state index contributed by atoms with van der Waals surface area (Å²) in [4.78, 5) is 15.2. The summed E-state index contributed by atoms with van der Waals surface area (Å²) in [5.74, 6) is 0. The average molecular weight is 310 g/mol. The Bertz CT molecular complexity index is 532. The number of piperidine rings is 1. The summed E-state index contributed by atoms with van der Waals surface area (Å²) < 4.78 is 0. The fourth-order valence-electron chi connectivity index (χ4n) is 3.44. The minimum atomic E-state index is -0.404. The van der Waals surface area contributed by atoms with Crippen LogP contribution in [0.2, 0.25) is 5.02 Å². The van der Waals surface area contributed by atoms with Crippen molar-refractivity contribution in [2.75, 3.05) is 31.1 Å². The summed E-state index contributed by atoms with van der Waals surface area (Å²) in [6, 6.07) is 5.37. The number of hydrogen-bond acceptors (Lipinski definition) is 4. The van der Waals surface area contributed by atoms with E-state index in [0.717, 1.165) is 25.2 Å². The van der Waals surface area contributed by atoms with Gasteiger partial charge in [-0.15, -0.1) is 0 Å². The maximum absolute atomic E-state index is 10.8. The van der Waals surface area contributed by atoms with Gasteiger partial charge in [-0.25, -0.2) is 0 Å². The van der Waals surface area contributed by atoms with Gasteiger partial charge in [-0.2, -0.15) is 0 Å². The zero-order valence-electron chi connectivity index (χ0n) is 12.0.